The van der Waals surface area contributed by atoms with E-state index < -0.39 is 0 Å². The van der Waals surface area contributed by atoms with Crippen molar-refractivity contribution in [2.45, 2.75) is 12.5 Å². The summed E-state index contributed by atoms with van der Waals surface area (Å²) in [7, 11) is 0. The van der Waals surface area contributed by atoms with E-state index in [2.05, 4.69) is 10.2 Å². The van der Waals surface area contributed by atoms with Crippen LogP contribution in [-0.4, -0.2) is 37.2 Å². The summed E-state index contributed by atoms with van der Waals surface area (Å²) < 4.78 is 5.72. The van der Waals surface area contributed by atoms with Gasteiger partial charge in [0.1, 0.15) is 6.61 Å². The van der Waals surface area contributed by atoms with Gasteiger partial charge in [-0.15, -0.1) is 0 Å². The van der Waals surface area contributed by atoms with E-state index in [1.807, 2.05) is 18.2 Å². The van der Waals surface area contributed by atoms with Crippen molar-refractivity contribution < 1.29 is 4.74 Å². The fourth-order valence-electron chi connectivity index (χ4n) is 2.19. The number of para-hydroxylation sites is 1. The Kier molecular flexibility index (Phi) is 2.65. The quantitative estimate of drug-likeness (QED) is 0.855. The van der Waals surface area contributed by atoms with E-state index >= 15 is 0 Å². The number of fused-ring (bicyclic) bond motifs is 1. The lowest BCUT2D eigenvalue weighted by Gasteiger charge is -2.36. The Hall–Kier alpha value is -0.930. The van der Waals surface area contributed by atoms with Crippen LogP contribution in [0.5, 0.6) is 5.75 Å². The van der Waals surface area contributed by atoms with Gasteiger partial charge in [-0.2, -0.15) is 0 Å². The predicted molar refractivity (Wildman–Crippen MR) is 65.4 cm³/mol. The average molecular weight is 239 g/mol. The van der Waals surface area contributed by atoms with Gasteiger partial charge >= 0.3 is 0 Å². The van der Waals surface area contributed by atoms with Crippen molar-refractivity contribution in [2.75, 3.05) is 31.6 Å². The molecule has 4 heteroatoms. The van der Waals surface area contributed by atoms with Crippen LogP contribution in [0.2, 0.25) is 5.02 Å². The molecule has 1 fully saturated rings. The van der Waals surface area contributed by atoms with Gasteiger partial charge < -0.3 is 15.0 Å². The first-order valence-corrected chi connectivity index (χ1v) is 6.11. The lowest BCUT2D eigenvalue weighted by molar-refractivity contribution is 0.153. The molecule has 2 aliphatic heterocycles. The topological polar surface area (TPSA) is 24.5 Å². The third kappa shape index (κ3) is 1.85. The minimum absolute atomic E-state index is 0.381. The summed E-state index contributed by atoms with van der Waals surface area (Å²) in [6, 6.07) is 6.21. The molecule has 16 heavy (non-hydrogen) atoms. The van der Waals surface area contributed by atoms with E-state index in [1.165, 1.54) is 19.5 Å². The zero-order chi connectivity index (χ0) is 11.0. The highest BCUT2D eigenvalue weighted by Crippen LogP contribution is 2.35. The van der Waals surface area contributed by atoms with Gasteiger partial charge in [-0.1, -0.05) is 17.7 Å². The standard InChI is InChI=1S/C12H15ClN2O/c13-10-3-1-4-11-12(10)16-8-9(14-11)7-15-5-2-6-15/h1,3-4,9,14H,2,5-8H2. The second-order valence-corrected chi connectivity index (χ2v) is 4.83. The van der Waals surface area contributed by atoms with Crippen LogP contribution in [0.4, 0.5) is 5.69 Å². The first-order valence-electron chi connectivity index (χ1n) is 5.73. The van der Waals surface area contributed by atoms with Crippen molar-refractivity contribution in [1.82, 2.24) is 4.90 Å². The van der Waals surface area contributed by atoms with E-state index in [9.17, 15) is 0 Å². The van der Waals surface area contributed by atoms with Crippen LogP contribution in [0.1, 0.15) is 6.42 Å². The Morgan fingerprint density at radius 2 is 2.31 bits per heavy atom. The second-order valence-electron chi connectivity index (χ2n) is 4.42. The van der Waals surface area contributed by atoms with E-state index in [0.717, 1.165) is 18.0 Å². The van der Waals surface area contributed by atoms with Crippen molar-refractivity contribution in [3.8, 4) is 5.75 Å². The number of anilines is 1. The molecule has 2 heterocycles. The molecule has 3 rings (SSSR count). The molecule has 1 atom stereocenters. The van der Waals surface area contributed by atoms with E-state index in [-0.39, 0.29) is 0 Å². The SMILES string of the molecule is Clc1cccc2c1OCC(CN1CCC1)N2. The number of rotatable bonds is 2. The lowest BCUT2D eigenvalue weighted by atomic mass is 10.1. The van der Waals surface area contributed by atoms with Gasteiger partial charge in [0.25, 0.3) is 0 Å². The molecule has 0 aliphatic carbocycles. The largest absolute Gasteiger partial charge is 0.488 e. The molecule has 0 radical (unpaired) electrons. The molecule has 2 aliphatic rings. The highest BCUT2D eigenvalue weighted by molar-refractivity contribution is 6.32. The van der Waals surface area contributed by atoms with Crippen molar-refractivity contribution in [1.29, 1.82) is 0 Å². The molecule has 1 unspecified atom stereocenters. The average Bonchev–Trinajstić information content (AvgIpc) is 2.24. The number of benzene rings is 1. The number of ether oxygens (including phenoxy) is 1. The minimum atomic E-state index is 0.381. The molecule has 1 N–H and O–H groups in total. The molecule has 0 spiro atoms. The molecule has 1 saturated heterocycles. The Bertz CT molecular complexity index is 393. The van der Waals surface area contributed by atoms with Crippen LogP contribution in [0.3, 0.4) is 0 Å². The Morgan fingerprint density at radius 1 is 1.44 bits per heavy atom. The molecule has 1 aromatic carbocycles. The zero-order valence-electron chi connectivity index (χ0n) is 9.08. The molecular formula is C12H15ClN2O. The number of nitrogens with zero attached hydrogens (tertiary/aromatic N) is 1. The summed E-state index contributed by atoms with van der Waals surface area (Å²) in [4.78, 5) is 2.44. The number of nitrogens with one attached hydrogen (secondary N) is 1. The molecule has 0 saturated carbocycles. The molecule has 3 nitrogen and oxygen atoms in total. The highest BCUT2D eigenvalue weighted by atomic mass is 35.5. The van der Waals surface area contributed by atoms with Crippen LogP contribution in [-0.2, 0) is 0 Å². The number of halogens is 1. The predicted octanol–water partition coefficient (Wildman–Crippen LogP) is 2.22. The Balaban J connectivity index is 1.70. The fraction of sp³-hybridized carbons (Fsp3) is 0.500. The smallest absolute Gasteiger partial charge is 0.161 e. The third-order valence-electron chi connectivity index (χ3n) is 3.18. The van der Waals surface area contributed by atoms with Crippen molar-refractivity contribution in [3.63, 3.8) is 0 Å². The maximum atomic E-state index is 6.06. The van der Waals surface area contributed by atoms with Crippen LogP contribution >= 0.6 is 11.6 Å². The van der Waals surface area contributed by atoms with Gasteiger partial charge in [0.15, 0.2) is 5.75 Å². The molecule has 0 bridgehead atoms. The van der Waals surface area contributed by atoms with Gasteiger partial charge in [0.05, 0.1) is 16.8 Å². The van der Waals surface area contributed by atoms with E-state index in [4.69, 9.17) is 16.3 Å². The van der Waals surface area contributed by atoms with Gasteiger partial charge in [-0.05, 0) is 31.6 Å². The van der Waals surface area contributed by atoms with Gasteiger partial charge in [-0.3, -0.25) is 0 Å². The van der Waals surface area contributed by atoms with Crippen LogP contribution in [0.15, 0.2) is 18.2 Å². The molecule has 86 valence electrons. The van der Waals surface area contributed by atoms with Crippen molar-refractivity contribution in [3.05, 3.63) is 23.2 Å². The van der Waals surface area contributed by atoms with Gasteiger partial charge in [-0.25, -0.2) is 0 Å². The van der Waals surface area contributed by atoms with E-state index in [0.29, 0.717) is 17.7 Å². The fourth-order valence-corrected chi connectivity index (χ4v) is 2.42. The summed E-state index contributed by atoms with van der Waals surface area (Å²) in [5.74, 6) is 0.795. The van der Waals surface area contributed by atoms with Crippen molar-refractivity contribution in [2.24, 2.45) is 0 Å². The van der Waals surface area contributed by atoms with Gasteiger partial charge in [0.2, 0.25) is 0 Å². The van der Waals surface area contributed by atoms with Crippen LogP contribution < -0.4 is 10.1 Å². The molecule has 0 aromatic heterocycles. The minimum Gasteiger partial charge on any atom is -0.488 e. The first-order chi connectivity index (χ1) is 7.83. The van der Waals surface area contributed by atoms with Gasteiger partial charge in [0, 0.05) is 6.54 Å². The Morgan fingerprint density at radius 3 is 3.06 bits per heavy atom. The van der Waals surface area contributed by atoms with Crippen LogP contribution in [0.25, 0.3) is 0 Å². The number of hydrogen-bond acceptors (Lipinski definition) is 3. The lowest BCUT2D eigenvalue weighted by Crippen LogP contribution is -2.47. The maximum Gasteiger partial charge on any atom is 0.161 e. The molecule has 1 aromatic rings. The monoisotopic (exact) mass is 238 g/mol. The summed E-state index contributed by atoms with van der Waals surface area (Å²) in [6.45, 7) is 4.21. The maximum absolute atomic E-state index is 6.06. The second kappa shape index (κ2) is 4.15. The summed E-state index contributed by atoms with van der Waals surface area (Å²) >= 11 is 6.06. The number of likely N-dealkylation sites (tertiary alicyclic amines) is 1. The Labute approximate surface area is 100 Å². The van der Waals surface area contributed by atoms with Crippen LogP contribution in [0, 0.1) is 0 Å². The van der Waals surface area contributed by atoms with Crippen molar-refractivity contribution >= 4 is 17.3 Å². The summed E-state index contributed by atoms with van der Waals surface area (Å²) in [5, 5.41) is 4.17. The first kappa shape index (κ1) is 10.2. The summed E-state index contributed by atoms with van der Waals surface area (Å²) in [6.07, 6.45) is 1.33. The normalized spacial score (nSPS) is 23.9. The third-order valence-corrected chi connectivity index (χ3v) is 3.48. The summed E-state index contributed by atoms with van der Waals surface area (Å²) in [5.41, 5.74) is 1.02. The highest BCUT2D eigenvalue weighted by Gasteiger charge is 2.24. The molecule has 0 amide bonds. The zero-order valence-corrected chi connectivity index (χ0v) is 9.83. The van der Waals surface area contributed by atoms with E-state index in [1.54, 1.807) is 0 Å². The molecular weight excluding hydrogens is 224 g/mol. The number of hydrogen-bond donors (Lipinski definition) is 1.